The number of nitro benzene ring substituents is 1. The first kappa shape index (κ1) is 21.7. The molecule has 0 spiro atoms. The van der Waals surface area contributed by atoms with Crippen molar-refractivity contribution in [3.8, 4) is 10.4 Å². The molecule has 0 unspecified atom stereocenters. The van der Waals surface area contributed by atoms with Gasteiger partial charge in [0.25, 0.3) is 17.5 Å². The van der Waals surface area contributed by atoms with E-state index in [-0.39, 0.29) is 11.6 Å². The van der Waals surface area contributed by atoms with E-state index in [2.05, 4.69) is 5.32 Å². The Labute approximate surface area is 189 Å². The van der Waals surface area contributed by atoms with E-state index in [4.69, 9.17) is 0 Å². The molecule has 164 valence electrons. The predicted octanol–water partition coefficient (Wildman–Crippen LogP) is 5.51. The Kier molecular flexibility index (Phi) is 6.32. The van der Waals surface area contributed by atoms with E-state index >= 15 is 0 Å². The molecule has 0 aliphatic carbocycles. The second-order valence-electron chi connectivity index (χ2n) is 7.74. The van der Waals surface area contributed by atoms with Crippen molar-refractivity contribution in [3.05, 3.63) is 81.4 Å². The molecular weight excluding hydrogens is 426 g/mol. The molecule has 0 saturated carbocycles. The lowest BCUT2D eigenvalue weighted by Gasteiger charge is -2.27. The van der Waals surface area contributed by atoms with Gasteiger partial charge in [0.05, 0.1) is 10.5 Å². The van der Waals surface area contributed by atoms with E-state index < -0.39 is 10.8 Å². The lowest BCUT2D eigenvalue weighted by molar-refractivity contribution is -0.384. The number of hydrogen-bond acceptors (Lipinski definition) is 5. The Morgan fingerprint density at radius 3 is 2.28 bits per heavy atom. The van der Waals surface area contributed by atoms with Gasteiger partial charge in [0.2, 0.25) is 0 Å². The third kappa shape index (κ3) is 4.40. The molecule has 2 amide bonds. The molecule has 2 aromatic carbocycles. The van der Waals surface area contributed by atoms with Gasteiger partial charge in [-0.3, -0.25) is 19.7 Å². The number of amides is 2. The van der Waals surface area contributed by atoms with Crippen LogP contribution in [0, 0.1) is 17.0 Å². The zero-order valence-corrected chi connectivity index (χ0v) is 18.5. The Balaban J connectivity index is 1.70. The highest BCUT2D eigenvalue weighted by Crippen LogP contribution is 2.41. The van der Waals surface area contributed by atoms with E-state index in [1.54, 1.807) is 0 Å². The summed E-state index contributed by atoms with van der Waals surface area (Å²) in [6, 6.07) is 15.2. The van der Waals surface area contributed by atoms with Crippen molar-refractivity contribution >= 4 is 33.8 Å². The zero-order chi connectivity index (χ0) is 22.7. The monoisotopic (exact) mass is 449 g/mol. The maximum absolute atomic E-state index is 13.4. The summed E-state index contributed by atoms with van der Waals surface area (Å²) in [6.07, 6.45) is 3.07. The summed E-state index contributed by atoms with van der Waals surface area (Å²) < 4.78 is 0. The molecule has 1 N–H and O–H groups in total. The average Bonchev–Trinajstić information content (AvgIpc) is 3.15. The summed E-state index contributed by atoms with van der Waals surface area (Å²) >= 11 is 1.37. The van der Waals surface area contributed by atoms with E-state index in [0.717, 1.165) is 35.3 Å². The fourth-order valence-electron chi connectivity index (χ4n) is 3.89. The Bertz CT molecular complexity index is 1150. The van der Waals surface area contributed by atoms with Crippen LogP contribution in [0.5, 0.6) is 0 Å². The highest BCUT2D eigenvalue weighted by Gasteiger charge is 2.28. The minimum atomic E-state index is -0.508. The number of likely N-dealkylation sites (tertiary alicyclic amines) is 1. The molecular formula is C24H23N3O4S. The third-order valence-corrected chi connectivity index (χ3v) is 6.86. The molecule has 1 saturated heterocycles. The molecule has 1 fully saturated rings. The first-order valence-corrected chi connectivity index (χ1v) is 11.3. The van der Waals surface area contributed by atoms with Gasteiger partial charge in [-0.1, -0.05) is 30.3 Å². The highest BCUT2D eigenvalue weighted by molar-refractivity contribution is 7.20. The Morgan fingerprint density at radius 2 is 1.66 bits per heavy atom. The number of nitrogens with zero attached hydrogens (tertiary/aromatic N) is 2. The molecule has 3 aromatic rings. The summed E-state index contributed by atoms with van der Waals surface area (Å²) in [5.41, 5.74) is 2.56. The smallest absolute Gasteiger partial charge is 0.269 e. The van der Waals surface area contributed by atoms with E-state index in [9.17, 15) is 19.7 Å². The second kappa shape index (κ2) is 9.32. The normalized spacial score (nSPS) is 13.6. The van der Waals surface area contributed by atoms with Crippen molar-refractivity contribution < 1.29 is 14.5 Å². The summed E-state index contributed by atoms with van der Waals surface area (Å²) in [7, 11) is 0. The summed E-state index contributed by atoms with van der Waals surface area (Å²) in [6.45, 7) is 3.34. The molecule has 1 aliphatic rings. The maximum atomic E-state index is 13.4. The standard InChI is InChI=1S/C24H23N3O4S/c1-16-20(24(29)26-14-6-3-7-15-26)23(32-21(16)17-8-4-2-5-9-17)25-22(28)18-10-12-19(13-11-18)27(30)31/h2,4-5,8-13H,3,6-7,14-15H2,1H3,(H,25,28). The number of anilines is 1. The van der Waals surface area contributed by atoms with Crippen LogP contribution in [-0.2, 0) is 0 Å². The molecule has 8 heteroatoms. The van der Waals surface area contributed by atoms with Crippen molar-refractivity contribution in [3.63, 3.8) is 0 Å². The average molecular weight is 450 g/mol. The lowest BCUT2D eigenvalue weighted by Crippen LogP contribution is -2.36. The van der Waals surface area contributed by atoms with Crippen LogP contribution in [0.2, 0.25) is 0 Å². The van der Waals surface area contributed by atoms with E-state index in [0.29, 0.717) is 29.2 Å². The van der Waals surface area contributed by atoms with Crippen LogP contribution in [0.1, 0.15) is 45.5 Å². The molecule has 32 heavy (non-hydrogen) atoms. The van der Waals surface area contributed by atoms with Crippen LogP contribution in [-0.4, -0.2) is 34.7 Å². The minimum absolute atomic E-state index is 0.0698. The number of carbonyl (C=O) groups excluding carboxylic acids is 2. The number of piperidine rings is 1. The van der Waals surface area contributed by atoms with Crippen LogP contribution in [0.25, 0.3) is 10.4 Å². The first-order chi connectivity index (χ1) is 15.5. The van der Waals surface area contributed by atoms with E-state index in [1.165, 1.54) is 35.6 Å². The molecule has 7 nitrogen and oxygen atoms in total. The molecule has 0 radical (unpaired) electrons. The number of nitrogens with one attached hydrogen (secondary N) is 1. The predicted molar refractivity (Wildman–Crippen MR) is 125 cm³/mol. The van der Waals surface area contributed by atoms with Gasteiger partial charge < -0.3 is 10.2 Å². The van der Waals surface area contributed by atoms with Crippen LogP contribution in [0.4, 0.5) is 10.7 Å². The number of nitro groups is 1. The number of carbonyl (C=O) groups is 2. The SMILES string of the molecule is Cc1c(-c2ccccc2)sc(NC(=O)c2ccc([N+](=O)[O-])cc2)c1C(=O)N1CCCCC1. The maximum Gasteiger partial charge on any atom is 0.269 e. The zero-order valence-electron chi connectivity index (χ0n) is 17.7. The van der Waals surface area contributed by atoms with Gasteiger partial charge in [0.15, 0.2) is 0 Å². The summed E-state index contributed by atoms with van der Waals surface area (Å²) in [5, 5.41) is 14.3. The van der Waals surface area contributed by atoms with Gasteiger partial charge >= 0.3 is 0 Å². The van der Waals surface area contributed by atoms with Crippen LogP contribution in [0.3, 0.4) is 0 Å². The Hall–Kier alpha value is -3.52. The van der Waals surface area contributed by atoms with Crippen molar-refractivity contribution in [2.75, 3.05) is 18.4 Å². The van der Waals surface area contributed by atoms with E-state index in [1.807, 2.05) is 42.2 Å². The quantitative estimate of drug-likeness (QED) is 0.411. The number of rotatable bonds is 5. The molecule has 4 rings (SSSR count). The second-order valence-corrected chi connectivity index (χ2v) is 8.76. The van der Waals surface area contributed by atoms with Crippen molar-refractivity contribution in [2.45, 2.75) is 26.2 Å². The topological polar surface area (TPSA) is 92.5 Å². The molecule has 1 aliphatic heterocycles. The number of hydrogen-bond donors (Lipinski definition) is 1. The third-order valence-electron chi connectivity index (χ3n) is 5.61. The van der Waals surface area contributed by atoms with Gasteiger partial charge in [-0.2, -0.15) is 0 Å². The van der Waals surface area contributed by atoms with Crippen LogP contribution >= 0.6 is 11.3 Å². The van der Waals surface area contributed by atoms with Gasteiger partial charge in [-0.05, 0) is 49.4 Å². The highest BCUT2D eigenvalue weighted by atomic mass is 32.1. The fourth-order valence-corrected chi connectivity index (χ4v) is 5.09. The number of non-ortho nitro benzene ring substituents is 1. The molecule has 1 aromatic heterocycles. The van der Waals surface area contributed by atoms with Gasteiger partial charge in [0.1, 0.15) is 5.00 Å². The van der Waals surface area contributed by atoms with Crippen molar-refractivity contribution in [2.24, 2.45) is 0 Å². The van der Waals surface area contributed by atoms with Gasteiger partial charge in [0, 0.05) is 35.7 Å². The fraction of sp³-hybridized carbons (Fsp3) is 0.250. The van der Waals surface area contributed by atoms with Crippen LogP contribution in [0.15, 0.2) is 54.6 Å². The van der Waals surface area contributed by atoms with Crippen molar-refractivity contribution in [1.29, 1.82) is 0 Å². The van der Waals surface area contributed by atoms with Crippen LogP contribution < -0.4 is 5.32 Å². The minimum Gasteiger partial charge on any atom is -0.339 e. The Morgan fingerprint density at radius 1 is 1.00 bits per heavy atom. The molecule has 0 bridgehead atoms. The summed E-state index contributed by atoms with van der Waals surface area (Å²) in [4.78, 5) is 39.5. The number of thiophene rings is 1. The lowest BCUT2D eigenvalue weighted by atomic mass is 10.0. The van der Waals surface area contributed by atoms with Gasteiger partial charge in [-0.15, -0.1) is 11.3 Å². The summed E-state index contributed by atoms with van der Waals surface area (Å²) in [5.74, 6) is -0.479. The van der Waals surface area contributed by atoms with Gasteiger partial charge in [-0.25, -0.2) is 0 Å². The molecule has 2 heterocycles. The molecule has 0 atom stereocenters. The number of benzene rings is 2. The van der Waals surface area contributed by atoms with Crippen molar-refractivity contribution in [1.82, 2.24) is 4.90 Å². The largest absolute Gasteiger partial charge is 0.339 e. The first-order valence-electron chi connectivity index (χ1n) is 10.5.